The summed E-state index contributed by atoms with van der Waals surface area (Å²) in [5, 5.41) is 0. The largest absolute Gasteiger partial charge is 0.433 e. The summed E-state index contributed by atoms with van der Waals surface area (Å²) < 4.78 is 35.0. The molecule has 0 aromatic carbocycles. The Kier molecular flexibility index (Phi) is 2.86. The zero-order valence-electron chi connectivity index (χ0n) is 5.15. The maximum Gasteiger partial charge on any atom is 0.433 e. The third-order valence-electron chi connectivity index (χ3n) is 0.737. The summed E-state index contributed by atoms with van der Waals surface area (Å²) in [5.74, 6) is 0. The van der Waals surface area contributed by atoms with Gasteiger partial charge in [0.05, 0.1) is 0 Å². The molecule has 0 saturated heterocycles. The van der Waals surface area contributed by atoms with Crippen LogP contribution in [0.2, 0.25) is 0 Å². The van der Waals surface area contributed by atoms with Gasteiger partial charge in [0.2, 0.25) is 0 Å². The van der Waals surface area contributed by atoms with Gasteiger partial charge in [0.25, 0.3) is 0 Å². The topological polar surface area (TPSA) is 12.4 Å². The first-order chi connectivity index (χ1) is 4.52. The van der Waals surface area contributed by atoms with E-state index < -0.39 is 11.9 Å². The lowest BCUT2D eigenvalue weighted by molar-refractivity contribution is -0.0921. The molecular weight excluding hydrogens is 143 g/mol. The minimum absolute atomic E-state index is 0.757. The molecule has 0 atom stereocenters. The minimum atomic E-state index is -4.42. The van der Waals surface area contributed by atoms with Gasteiger partial charge in [-0.1, -0.05) is 12.7 Å². The van der Waals surface area contributed by atoms with Crippen LogP contribution in [0.3, 0.4) is 0 Å². The second-order valence-electron chi connectivity index (χ2n) is 1.44. The number of aliphatic imine (C=N–C) groups is 1. The van der Waals surface area contributed by atoms with E-state index in [1.807, 2.05) is 0 Å². The highest BCUT2D eigenvalue weighted by molar-refractivity contribution is 5.31. The molecule has 4 heteroatoms. The van der Waals surface area contributed by atoms with Gasteiger partial charge in [-0.3, -0.25) is 4.99 Å². The fourth-order valence-corrected chi connectivity index (χ4v) is 0.348. The Morgan fingerprint density at radius 2 is 1.90 bits per heavy atom. The Balaban J connectivity index is 4.51. The van der Waals surface area contributed by atoms with Gasteiger partial charge in [-0.2, -0.15) is 13.2 Å². The van der Waals surface area contributed by atoms with Crippen LogP contribution in [0.15, 0.2) is 29.4 Å². The second-order valence-corrected chi connectivity index (χ2v) is 1.44. The summed E-state index contributed by atoms with van der Waals surface area (Å²) in [6.45, 7) is 5.86. The van der Waals surface area contributed by atoms with Crippen molar-refractivity contribution >= 4 is 6.72 Å². The van der Waals surface area contributed by atoms with Crippen LogP contribution in [0.5, 0.6) is 0 Å². The van der Waals surface area contributed by atoms with Gasteiger partial charge in [0, 0.05) is 0 Å². The molecule has 0 bridgehead atoms. The molecule has 56 valence electrons. The third kappa shape index (κ3) is 2.48. The summed E-state index contributed by atoms with van der Waals surface area (Å²) in [4.78, 5) is 2.76. The van der Waals surface area contributed by atoms with Crippen LogP contribution in [0.25, 0.3) is 0 Å². The van der Waals surface area contributed by atoms with E-state index in [9.17, 15) is 13.2 Å². The quantitative estimate of drug-likeness (QED) is 0.422. The number of allylic oxidation sites excluding steroid dienone is 3. The van der Waals surface area contributed by atoms with Gasteiger partial charge in [0.1, 0.15) is 5.70 Å². The molecule has 0 aliphatic carbocycles. The van der Waals surface area contributed by atoms with E-state index in [1.54, 1.807) is 0 Å². The summed E-state index contributed by atoms with van der Waals surface area (Å²) in [6.07, 6.45) is -2.65. The van der Waals surface area contributed by atoms with Gasteiger partial charge in [0.15, 0.2) is 0 Å². The normalized spacial score (nSPS) is 12.9. The number of hydrogen-bond donors (Lipinski definition) is 0. The first-order valence-electron chi connectivity index (χ1n) is 2.39. The standard InChI is InChI=1S/C6H6F3N/c1-3-4-5(10-2)6(7,8)9/h3-4H,1-2H2. The fraction of sp³-hybridized carbons (Fsp3) is 0.167. The zero-order chi connectivity index (χ0) is 8.20. The van der Waals surface area contributed by atoms with E-state index in [0.29, 0.717) is 0 Å². The highest BCUT2D eigenvalue weighted by atomic mass is 19.4. The molecule has 0 aliphatic heterocycles. The fourth-order valence-electron chi connectivity index (χ4n) is 0.348. The van der Waals surface area contributed by atoms with Crippen LogP contribution in [0, 0.1) is 0 Å². The second kappa shape index (κ2) is 3.20. The average Bonchev–Trinajstić information content (AvgIpc) is 1.80. The Morgan fingerprint density at radius 1 is 1.40 bits per heavy atom. The van der Waals surface area contributed by atoms with Gasteiger partial charge in [-0.25, -0.2) is 0 Å². The molecule has 0 radical (unpaired) electrons. The van der Waals surface area contributed by atoms with Crippen LogP contribution in [0.1, 0.15) is 0 Å². The molecule has 0 saturated carbocycles. The zero-order valence-corrected chi connectivity index (χ0v) is 5.15. The van der Waals surface area contributed by atoms with E-state index in [4.69, 9.17) is 0 Å². The molecule has 0 heterocycles. The van der Waals surface area contributed by atoms with Crippen LogP contribution < -0.4 is 0 Å². The highest BCUT2D eigenvalue weighted by Gasteiger charge is 2.32. The van der Waals surface area contributed by atoms with Crippen molar-refractivity contribution in [3.8, 4) is 0 Å². The Bertz CT molecular complexity index is 166. The summed E-state index contributed by atoms with van der Waals surface area (Å²) >= 11 is 0. The Morgan fingerprint density at radius 3 is 2.00 bits per heavy atom. The Labute approximate surface area is 56.6 Å². The smallest absolute Gasteiger partial charge is 0.260 e. The van der Waals surface area contributed by atoms with Crippen molar-refractivity contribution in [2.45, 2.75) is 6.18 Å². The molecule has 0 aliphatic rings. The number of nitrogens with zero attached hydrogens (tertiary/aromatic N) is 1. The van der Waals surface area contributed by atoms with Crippen LogP contribution in [-0.4, -0.2) is 12.9 Å². The van der Waals surface area contributed by atoms with Crippen LogP contribution in [0.4, 0.5) is 13.2 Å². The molecule has 0 spiro atoms. The van der Waals surface area contributed by atoms with E-state index in [1.165, 1.54) is 0 Å². The molecule has 1 nitrogen and oxygen atoms in total. The number of hydrogen-bond acceptors (Lipinski definition) is 1. The first kappa shape index (κ1) is 8.94. The van der Waals surface area contributed by atoms with Crippen LogP contribution in [-0.2, 0) is 0 Å². The van der Waals surface area contributed by atoms with Crippen molar-refractivity contribution in [3.63, 3.8) is 0 Å². The number of halogens is 3. The van der Waals surface area contributed by atoms with Crippen molar-refractivity contribution in [1.29, 1.82) is 0 Å². The SMILES string of the molecule is C=CC=C(N=C)C(F)(F)F. The molecule has 0 fully saturated rings. The maximum atomic E-state index is 11.7. The molecule has 0 amide bonds. The summed E-state index contributed by atoms with van der Waals surface area (Å²) in [5.41, 5.74) is -1.03. The van der Waals surface area contributed by atoms with Crippen molar-refractivity contribution in [2.24, 2.45) is 4.99 Å². The van der Waals surface area contributed by atoms with Gasteiger partial charge in [-0.15, -0.1) is 0 Å². The lowest BCUT2D eigenvalue weighted by Crippen LogP contribution is -2.09. The minimum Gasteiger partial charge on any atom is -0.260 e. The molecule has 0 rings (SSSR count). The van der Waals surface area contributed by atoms with Gasteiger partial charge >= 0.3 is 6.18 Å². The van der Waals surface area contributed by atoms with Crippen molar-refractivity contribution < 1.29 is 13.2 Å². The summed E-state index contributed by atoms with van der Waals surface area (Å²) in [7, 11) is 0. The van der Waals surface area contributed by atoms with Gasteiger partial charge in [-0.05, 0) is 12.8 Å². The summed E-state index contributed by atoms with van der Waals surface area (Å²) in [6, 6.07) is 0. The van der Waals surface area contributed by atoms with Crippen molar-refractivity contribution in [2.75, 3.05) is 0 Å². The van der Waals surface area contributed by atoms with Gasteiger partial charge < -0.3 is 0 Å². The average molecular weight is 149 g/mol. The molecule has 10 heavy (non-hydrogen) atoms. The molecule has 0 aromatic rings. The third-order valence-corrected chi connectivity index (χ3v) is 0.737. The van der Waals surface area contributed by atoms with Crippen molar-refractivity contribution in [1.82, 2.24) is 0 Å². The van der Waals surface area contributed by atoms with E-state index >= 15 is 0 Å². The number of rotatable bonds is 2. The highest BCUT2D eigenvalue weighted by Crippen LogP contribution is 2.25. The molecular formula is C6H6F3N. The maximum absolute atomic E-state index is 11.7. The Hall–Kier alpha value is -1.06. The van der Waals surface area contributed by atoms with E-state index in [-0.39, 0.29) is 0 Å². The lowest BCUT2D eigenvalue weighted by Gasteiger charge is -2.03. The van der Waals surface area contributed by atoms with E-state index in [2.05, 4.69) is 18.3 Å². The van der Waals surface area contributed by atoms with Crippen molar-refractivity contribution in [3.05, 3.63) is 24.4 Å². The molecule has 0 N–H and O–H groups in total. The van der Waals surface area contributed by atoms with E-state index in [0.717, 1.165) is 12.2 Å². The number of alkyl halides is 3. The lowest BCUT2D eigenvalue weighted by atomic mass is 10.4. The molecule has 0 aromatic heterocycles. The molecule has 0 unspecified atom stereocenters. The predicted molar refractivity (Wildman–Crippen MR) is 33.9 cm³/mol. The first-order valence-corrected chi connectivity index (χ1v) is 2.39. The monoisotopic (exact) mass is 149 g/mol. The predicted octanol–water partition coefficient (Wildman–Crippen LogP) is 2.32. The van der Waals surface area contributed by atoms with Crippen LogP contribution >= 0.6 is 0 Å².